The predicted octanol–water partition coefficient (Wildman–Crippen LogP) is 3.89. The minimum Gasteiger partial charge on any atom is -0.462 e. The van der Waals surface area contributed by atoms with Crippen molar-refractivity contribution in [3.63, 3.8) is 0 Å². The second-order valence-corrected chi connectivity index (χ2v) is 8.06. The molecule has 3 nitrogen and oxygen atoms in total. The molecular weight excluding hydrogens is 284 g/mol. The molecule has 1 aromatic heterocycles. The van der Waals surface area contributed by atoms with Crippen molar-refractivity contribution in [2.45, 2.75) is 25.7 Å². The van der Waals surface area contributed by atoms with E-state index in [1.807, 2.05) is 6.26 Å². The van der Waals surface area contributed by atoms with E-state index in [0.717, 1.165) is 17.4 Å². The molecule has 1 aromatic carbocycles. The minimum atomic E-state index is 1.03. The average molecular weight is 311 g/mol. The van der Waals surface area contributed by atoms with Crippen LogP contribution in [0.3, 0.4) is 0 Å². The molecule has 0 amide bonds. The molecule has 1 spiro atoms. The Morgan fingerprint density at radius 3 is 2.43 bits per heavy atom. The molecule has 1 saturated carbocycles. The molecule has 5 rings (SSSR count). The van der Waals surface area contributed by atoms with E-state index in [1.54, 1.807) is 0 Å². The number of hydrogen-bond donors (Lipinski definition) is 0. The van der Waals surface area contributed by atoms with Crippen LogP contribution in [-0.2, 0) is 0 Å². The summed E-state index contributed by atoms with van der Waals surface area (Å²) in [5.74, 6) is 2.06. The lowest BCUT2D eigenvalue weighted by atomic mass is 9.82. The molecule has 1 aliphatic carbocycles. The molecule has 122 valence electrons. The normalized spacial score (nSPS) is 30.0. The fourth-order valence-electron chi connectivity index (χ4n) is 5.56. The van der Waals surface area contributed by atoms with Gasteiger partial charge in [0.2, 0.25) is 0 Å². The molecule has 0 N–H and O–H groups in total. The Kier molecular flexibility index (Phi) is 3.19. The van der Waals surface area contributed by atoms with Crippen molar-refractivity contribution in [2.24, 2.45) is 11.8 Å². The van der Waals surface area contributed by atoms with Gasteiger partial charge < -0.3 is 13.8 Å². The fourth-order valence-corrected chi connectivity index (χ4v) is 5.56. The number of quaternary nitrogens is 1. The molecule has 3 heteroatoms. The molecule has 2 aliphatic heterocycles. The Bertz CT molecular complexity index is 682. The van der Waals surface area contributed by atoms with Gasteiger partial charge >= 0.3 is 0 Å². The van der Waals surface area contributed by atoms with E-state index in [4.69, 9.17) is 4.42 Å². The standard InChI is InChI=1S/C20H27N2O/c1-2-5-18-15-22(14-17(18)4-1)11-9-21(10-12-22)19-7-3-6-16-8-13-23-20(16)19/h3,6-8,13,17-18H,1-2,4-5,9-12,14-15H2/q+1. The van der Waals surface area contributed by atoms with Gasteiger partial charge in [-0.3, -0.25) is 0 Å². The summed E-state index contributed by atoms with van der Waals surface area (Å²) in [4.78, 5) is 2.55. The SMILES string of the molecule is c1cc(N2CC[N+]3(CC2)CC2CCCCC2C3)c2occc2c1. The third-order valence-electron chi connectivity index (χ3n) is 6.80. The first-order valence-corrected chi connectivity index (χ1v) is 9.39. The number of nitrogens with zero attached hydrogens (tertiary/aromatic N) is 2. The Hall–Kier alpha value is -1.48. The Balaban J connectivity index is 1.34. The number of furan rings is 1. The van der Waals surface area contributed by atoms with Crippen molar-refractivity contribution in [2.75, 3.05) is 44.2 Å². The van der Waals surface area contributed by atoms with Crippen LogP contribution in [-0.4, -0.2) is 43.8 Å². The smallest absolute Gasteiger partial charge is 0.157 e. The molecule has 2 atom stereocenters. The van der Waals surface area contributed by atoms with Gasteiger partial charge in [-0.2, -0.15) is 0 Å². The first kappa shape index (κ1) is 13.9. The Labute approximate surface area is 138 Å². The zero-order chi connectivity index (χ0) is 15.3. The maximum Gasteiger partial charge on any atom is 0.157 e. The van der Waals surface area contributed by atoms with Crippen molar-refractivity contribution < 1.29 is 8.90 Å². The van der Waals surface area contributed by atoms with Gasteiger partial charge in [-0.25, -0.2) is 0 Å². The van der Waals surface area contributed by atoms with Crippen LogP contribution in [0, 0.1) is 11.8 Å². The quantitative estimate of drug-likeness (QED) is 0.743. The molecule has 2 aromatic rings. The van der Waals surface area contributed by atoms with Gasteiger partial charge in [-0.05, 0) is 25.0 Å². The maximum absolute atomic E-state index is 5.75. The van der Waals surface area contributed by atoms with Gasteiger partial charge in [0.1, 0.15) is 0 Å². The van der Waals surface area contributed by atoms with Crippen molar-refractivity contribution >= 4 is 16.7 Å². The van der Waals surface area contributed by atoms with Gasteiger partial charge in [0.25, 0.3) is 0 Å². The summed E-state index contributed by atoms with van der Waals surface area (Å²) in [7, 11) is 0. The lowest BCUT2D eigenvalue weighted by Gasteiger charge is -2.43. The summed E-state index contributed by atoms with van der Waals surface area (Å²) in [6.07, 6.45) is 7.78. The highest BCUT2D eigenvalue weighted by Gasteiger charge is 2.47. The van der Waals surface area contributed by atoms with E-state index in [0.29, 0.717) is 0 Å². The molecule has 23 heavy (non-hydrogen) atoms. The van der Waals surface area contributed by atoms with Crippen LogP contribution in [0.2, 0.25) is 0 Å². The largest absolute Gasteiger partial charge is 0.462 e. The van der Waals surface area contributed by atoms with E-state index in [1.165, 1.54) is 80.5 Å². The van der Waals surface area contributed by atoms with Crippen LogP contribution in [0.4, 0.5) is 5.69 Å². The number of piperazine rings is 1. The van der Waals surface area contributed by atoms with Gasteiger partial charge in [-0.15, -0.1) is 0 Å². The molecule has 0 radical (unpaired) electrons. The molecule has 3 fully saturated rings. The Morgan fingerprint density at radius 2 is 1.70 bits per heavy atom. The number of fused-ring (bicyclic) bond motifs is 2. The molecular formula is C20H27N2O+. The highest BCUT2D eigenvalue weighted by atomic mass is 16.3. The summed E-state index contributed by atoms with van der Waals surface area (Å²) in [5.41, 5.74) is 2.36. The summed E-state index contributed by atoms with van der Waals surface area (Å²) < 4.78 is 7.15. The van der Waals surface area contributed by atoms with Gasteiger partial charge in [0.05, 0.1) is 51.2 Å². The molecule has 2 saturated heterocycles. The zero-order valence-corrected chi connectivity index (χ0v) is 13.9. The van der Waals surface area contributed by atoms with E-state index < -0.39 is 0 Å². The predicted molar refractivity (Wildman–Crippen MR) is 93.6 cm³/mol. The summed E-state index contributed by atoms with van der Waals surface area (Å²) in [5, 5.41) is 1.23. The summed E-state index contributed by atoms with van der Waals surface area (Å²) in [6.45, 7) is 7.93. The number of para-hydroxylation sites is 1. The first-order valence-electron chi connectivity index (χ1n) is 9.39. The number of benzene rings is 1. The zero-order valence-electron chi connectivity index (χ0n) is 13.9. The molecule has 0 bridgehead atoms. The van der Waals surface area contributed by atoms with Crippen LogP contribution in [0.25, 0.3) is 11.0 Å². The first-order chi connectivity index (χ1) is 11.3. The van der Waals surface area contributed by atoms with E-state index >= 15 is 0 Å². The lowest BCUT2D eigenvalue weighted by molar-refractivity contribution is -0.919. The van der Waals surface area contributed by atoms with Crippen LogP contribution in [0.15, 0.2) is 34.9 Å². The van der Waals surface area contributed by atoms with Crippen LogP contribution in [0.1, 0.15) is 25.7 Å². The highest BCUT2D eigenvalue weighted by molar-refractivity contribution is 5.89. The monoisotopic (exact) mass is 311 g/mol. The van der Waals surface area contributed by atoms with Crippen molar-refractivity contribution in [1.82, 2.24) is 0 Å². The second kappa shape index (κ2) is 5.27. The Morgan fingerprint density at radius 1 is 0.957 bits per heavy atom. The molecule has 2 unspecified atom stereocenters. The molecule has 3 aliphatic rings. The maximum atomic E-state index is 5.75. The third kappa shape index (κ3) is 2.28. The van der Waals surface area contributed by atoms with Gasteiger partial charge in [0.15, 0.2) is 5.58 Å². The van der Waals surface area contributed by atoms with Crippen LogP contribution in [0.5, 0.6) is 0 Å². The molecule has 3 heterocycles. The lowest BCUT2D eigenvalue weighted by Crippen LogP contribution is -2.58. The van der Waals surface area contributed by atoms with E-state index in [-0.39, 0.29) is 0 Å². The van der Waals surface area contributed by atoms with Gasteiger partial charge in [0, 0.05) is 17.2 Å². The third-order valence-corrected chi connectivity index (χ3v) is 6.80. The summed E-state index contributed by atoms with van der Waals surface area (Å²) >= 11 is 0. The van der Waals surface area contributed by atoms with Crippen LogP contribution < -0.4 is 4.90 Å². The average Bonchev–Trinajstić information content (AvgIpc) is 3.19. The second-order valence-electron chi connectivity index (χ2n) is 8.06. The topological polar surface area (TPSA) is 16.4 Å². The number of rotatable bonds is 1. The highest BCUT2D eigenvalue weighted by Crippen LogP contribution is 2.41. The van der Waals surface area contributed by atoms with Crippen molar-refractivity contribution in [3.8, 4) is 0 Å². The van der Waals surface area contributed by atoms with Crippen molar-refractivity contribution in [3.05, 3.63) is 30.5 Å². The minimum absolute atomic E-state index is 1.03. The van der Waals surface area contributed by atoms with Gasteiger partial charge in [-0.1, -0.05) is 25.0 Å². The van der Waals surface area contributed by atoms with E-state index in [2.05, 4.69) is 29.2 Å². The fraction of sp³-hybridized carbons (Fsp3) is 0.600. The van der Waals surface area contributed by atoms with Crippen LogP contribution >= 0.6 is 0 Å². The summed E-state index contributed by atoms with van der Waals surface area (Å²) in [6, 6.07) is 8.61. The van der Waals surface area contributed by atoms with E-state index in [9.17, 15) is 0 Å². The van der Waals surface area contributed by atoms with Crippen molar-refractivity contribution in [1.29, 1.82) is 0 Å². The number of hydrogen-bond acceptors (Lipinski definition) is 2. The number of anilines is 1.